The maximum Gasteiger partial charge on any atom is 0.410 e. The molecule has 0 aliphatic carbocycles. The van der Waals surface area contributed by atoms with Gasteiger partial charge in [0.1, 0.15) is 5.60 Å². The third-order valence-corrected chi connectivity index (χ3v) is 7.76. The molecule has 0 radical (unpaired) electrons. The Kier molecular flexibility index (Phi) is 8.15. The van der Waals surface area contributed by atoms with Crippen molar-refractivity contribution in [2.75, 3.05) is 32.7 Å². The van der Waals surface area contributed by atoms with Crippen LogP contribution in [0.3, 0.4) is 0 Å². The highest BCUT2D eigenvalue weighted by molar-refractivity contribution is 6.00. The van der Waals surface area contributed by atoms with E-state index in [4.69, 9.17) is 4.74 Å². The van der Waals surface area contributed by atoms with Crippen LogP contribution in [-0.2, 0) is 14.3 Å². The van der Waals surface area contributed by atoms with Crippen molar-refractivity contribution in [3.63, 3.8) is 0 Å². The van der Waals surface area contributed by atoms with Crippen molar-refractivity contribution in [2.24, 2.45) is 5.92 Å². The number of rotatable bonds is 5. The van der Waals surface area contributed by atoms with E-state index in [2.05, 4.69) is 34.5 Å². The summed E-state index contributed by atoms with van der Waals surface area (Å²) in [6.07, 6.45) is 6.49. The number of nitrogens with zero attached hydrogens (tertiary/aromatic N) is 2. The Bertz CT molecular complexity index is 892. The lowest BCUT2D eigenvalue weighted by Crippen LogP contribution is -2.42. The first-order valence-electron chi connectivity index (χ1n) is 13.3. The van der Waals surface area contributed by atoms with Crippen molar-refractivity contribution in [3.8, 4) is 0 Å². The van der Waals surface area contributed by atoms with Gasteiger partial charge in [0.05, 0.1) is 5.92 Å². The highest BCUT2D eigenvalue weighted by atomic mass is 16.6. The van der Waals surface area contributed by atoms with Crippen LogP contribution in [0.25, 0.3) is 0 Å². The van der Waals surface area contributed by atoms with Crippen molar-refractivity contribution in [2.45, 2.75) is 83.2 Å². The number of imide groups is 1. The zero-order valence-corrected chi connectivity index (χ0v) is 21.6. The van der Waals surface area contributed by atoms with Gasteiger partial charge in [-0.3, -0.25) is 14.9 Å². The summed E-state index contributed by atoms with van der Waals surface area (Å²) in [4.78, 5) is 40.3. The minimum Gasteiger partial charge on any atom is -0.444 e. The lowest BCUT2D eigenvalue weighted by Gasteiger charge is -2.36. The van der Waals surface area contributed by atoms with E-state index in [1.54, 1.807) is 0 Å². The summed E-state index contributed by atoms with van der Waals surface area (Å²) in [5.74, 6) is 0.712. The molecule has 0 spiro atoms. The predicted octanol–water partition coefficient (Wildman–Crippen LogP) is 4.42. The Morgan fingerprint density at radius 3 is 2.17 bits per heavy atom. The molecule has 1 aromatic rings. The molecule has 3 fully saturated rings. The van der Waals surface area contributed by atoms with E-state index in [1.807, 2.05) is 25.7 Å². The van der Waals surface area contributed by atoms with E-state index in [-0.39, 0.29) is 23.8 Å². The Hall–Kier alpha value is -2.41. The fourth-order valence-corrected chi connectivity index (χ4v) is 5.60. The summed E-state index contributed by atoms with van der Waals surface area (Å²) in [6.45, 7) is 10.7. The van der Waals surface area contributed by atoms with Crippen molar-refractivity contribution in [1.82, 2.24) is 15.1 Å². The number of benzene rings is 1. The van der Waals surface area contributed by atoms with Gasteiger partial charge < -0.3 is 14.5 Å². The van der Waals surface area contributed by atoms with Crippen molar-refractivity contribution in [3.05, 3.63) is 35.4 Å². The Morgan fingerprint density at radius 1 is 0.943 bits per heavy atom. The summed E-state index contributed by atoms with van der Waals surface area (Å²) >= 11 is 0. The van der Waals surface area contributed by atoms with Gasteiger partial charge in [-0.1, -0.05) is 24.3 Å². The van der Waals surface area contributed by atoms with Gasteiger partial charge in [0.2, 0.25) is 11.8 Å². The van der Waals surface area contributed by atoms with Crippen molar-refractivity contribution in [1.29, 1.82) is 0 Å². The first kappa shape index (κ1) is 25.7. The predicted molar refractivity (Wildman–Crippen MR) is 135 cm³/mol. The number of nitrogens with one attached hydrogen (secondary N) is 1. The molecule has 0 saturated carbocycles. The second-order valence-corrected chi connectivity index (χ2v) is 11.5. The normalized spacial score (nSPS) is 23.3. The molecular formula is C28H41N3O4. The molecular weight excluding hydrogens is 442 g/mol. The average Bonchev–Trinajstić information content (AvgIpc) is 2.83. The molecule has 3 aliphatic rings. The fourth-order valence-electron chi connectivity index (χ4n) is 5.60. The van der Waals surface area contributed by atoms with Crippen LogP contribution in [-0.4, -0.2) is 66.0 Å². The first-order valence-corrected chi connectivity index (χ1v) is 13.3. The van der Waals surface area contributed by atoms with E-state index < -0.39 is 5.60 Å². The molecule has 3 saturated heterocycles. The fraction of sp³-hybridized carbons (Fsp3) is 0.679. The van der Waals surface area contributed by atoms with Gasteiger partial charge in [0, 0.05) is 19.5 Å². The van der Waals surface area contributed by atoms with Crippen LogP contribution in [0.5, 0.6) is 0 Å². The molecule has 3 aliphatic heterocycles. The number of amides is 3. The molecule has 3 heterocycles. The third kappa shape index (κ3) is 7.06. The monoisotopic (exact) mass is 483 g/mol. The second kappa shape index (κ2) is 11.1. The quantitative estimate of drug-likeness (QED) is 0.627. The number of carbonyl (C=O) groups excluding carboxylic acids is 3. The first-order chi connectivity index (χ1) is 16.7. The van der Waals surface area contributed by atoms with Gasteiger partial charge in [-0.25, -0.2) is 4.79 Å². The molecule has 1 unspecified atom stereocenters. The Morgan fingerprint density at radius 2 is 1.57 bits per heavy atom. The molecule has 4 rings (SSSR count). The average molecular weight is 484 g/mol. The van der Waals surface area contributed by atoms with Gasteiger partial charge in [-0.05, 0) is 102 Å². The molecule has 0 bridgehead atoms. The maximum atomic E-state index is 12.3. The summed E-state index contributed by atoms with van der Waals surface area (Å²) in [5.41, 5.74) is 1.93. The lowest BCUT2D eigenvalue weighted by atomic mass is 9.85. The summed E-state index contributed by atoms with van der Waals surface area (Å²) in [5, 5.41) is 2.45. The van der Waals surface area contributed by atoms with Crippen LogP contribution < -0.4 is 5.32 Å². The minimum atomic E-state index is -0.435. The SMILES string of the molecule is CC(C)(C)OC(=O)N1CCC(CCN2CCC(c3ccc(C4CCC(=O)NC4=O)cc3)CC2)CC1. The molecule has 3 amide bonds. The Balaban J connectivity index is 1.16. The highest BCUT2D eigenvalue weighted by Gasteiger charge is 2.29. The second-order valence-electron chi connectivity index (χ2n) is 11.5. The maximum absolute atomic E-state index is 12.3. The van der Waals surface area contributed by atoms with Crippen LogP contribution in [0, 0.1) is 5.92 Å². The van der Waals surface area contributed by atoms with E-state index in [9.17, 15) is 14.4 Å². The minimum absolute atomic E-state index is 0.166. The molecule has 1 N–H and O–H groups in total. The summed E-state index contributed by atoms with van der Waals surface area (Å²) in [6, 6.07) is 8.51. The molecule has 1 atom stereocenters. The molecule has 35 heavy (non-hydrogen) atoms. The van der Waals surface area contributed by atoms with Crippen LogP contribution in [0.2, 0.25) is 0 Å². The number of carbonyl (C=O) groups is 3. The largest absolute Gasteiger partial charge is 0.444 e. The number of ether oxygens (including phenoxy) is 1. The lowest BCUT2D eigenvalue weighted by molar-refractivity contribution is -0.134. The van der Waals surface area contributed by atoms with Crippen LogP contribution >= 0.6 is 0 Å². The van der Waals surface area contributed by atoms with Gasteiger partial charge in [0.25, 0.3) is 0 Å². The molecule has 192 valence electrons. The number of likely N-dealkylation sites (tertiary alicyclic amines) is 2. The standard InChI is InChI=1S/C28H41N3O4/c1-28(2,3)35-27(34)31-18-11-20(12-19-31)10-15-30-16-13-22(14-17-30)21-4-6-23(7-5-21)24-8-9-25(32)29-26(24)33/h4-7,20,22,24H,8-19H2,1-3H3,(H,29,32,33). The molecule has 7 nitrogen and oxygen atoms in total. The Labute approximate surface area is 209 Å². The van der Waals surface area contributed by atoms with Crippen molar-refractivity contribution >= 4 is 17.9 Å². The zero-order valence-electron chi connectivity index (χ0n) is 21.6. The third-order valence-electron chi connectivity index (χ3n) is 7.76. The van der Waals surface area contributed by atoms with E-state index >= 15 is 0 Å². The highest BCUT2D eigenvalue weighted by Crippen LogP contribution is 2.31. The summed E-state index contributed by atoms with van der Waals surface area (Å²) in [7, 11) is 0. The van der Waals surface area contributed by atoms with Gasteiger partial charge in [-0.2, -0.15) is 0 Å². The van der Waals surface area contributed by atoms with Gasteiger partial charge in [0.15, 0.2) is 0 Å². The smallest absolute Gasteiger partial charge is 0.410 e. The topological polar surface area (TPSA) is 79.0 Å². The number of piperidine rings is 3. The van der Waals surface area contributed by atoms with Crippen LogP contribution in [0.15, 0.2) is 24.3 Å². The molecule has 1 aromatic carbocycles. The number of hydrogen-bond donors (Lipinski definition) is 1. The zero-order chi connectivity index (χ0) is 25.0. The molecule has 7 heteroatoms. The van der Waals surface area contributed by atoms with Gasteiger partial charge >= 0.3 is 6.09 Å². The van der Waals surface area contributed by atoms with E-state index in [0.29, 0.717) is 24.7 Å². The van der Waals surface area contributed by atoms with E-state index in [1.165, 1.54) is 12.0 Å². The van der Waals surface area contributed by atoms with Crippen LogP contribution in [0.1, 0.15) is 88.7 Å². The van der Waals surface area contributed by atoms with E-state index in [0.717, 1.165) is 64.0 Å². The molecule has 0 aromatic heterocycles. The van der Waals surface area contributed by atoms with Gasteiger partial charge in [-0.15, -0.1) is 0 Å². The summed E-state index contributed by atoms with van der Waals surface area (Å²) < 4.78 is 5.51. The van der Waals surface area contributed by atoms with Crippen LogP contribution in [0.4, 0.5) is 4.79 Å². The number of hydrogen-bond acceptors (Lipinski definition) is 5. The van der Waals surface area contributed by atoms with Crippen molar-refractivity contribution < 1.29 is 19.1 Å².